The lowest BCUT2D eigenvalue weighted by Crippen LogP contribution is -2.00. The van der Waals surface area contributed by atoms with Gasteiger partial charge in [-0.1, -0.05) is 19.4 Å². The summed E-state index contributed by atoms with van der Waals surface area (Å²) < 4.78 is 0.880. The fourth-order valence-electron chi connectivity index (χ4n) is 1.24. The third-order valence-electron chi connectivity index (χ3n) is 2.12. The van der Waals surface area contributed by atoms with Gasteiger partial charge in [-0.3, -0.25) is 0 Å². The zero-order chi connectivity index (χ0) is 9.84. The molecule has 0 aliphatic heterocycles. The van der Waals surface area contributed by atoms with Crippen LogP contribution in [-0.4, -0.2) is 0 Å². The summed E-state index contributed by atoms with van der Waals surface area (Å²) in [5.74, 6) is 0. The van der Waals surface area contributed by atoms with Crippen LogP contribution in [0.3, 0.4) is 0 Å². The first-order chi connectivity index (χ1) is 6.16. The average Bonchev–Trinajstić information content (AvgIpc) is 2.13. The van der Waals surface area contributed by atoms with E-state index in [1.54, 1.807) is 0 Å². The van der Waals surface area contributed by atoms with Crippen molar-refractivity contribution in [3.05, 3.63) is 22.2 Å². The zero-order valence-corrected chi connectivity index (χ0v) is 9.39. The van der Waals surface area contributed by atoms with Crippen LogP contribution in [0.2, 0.25) is 0 Å². The molecule has 72 valence electrons. The lowest BCUT2D eigenvalue weighted by molar-refractivity contribution is 0.796. The molecule has 0 unspecified atom stereocenters. The number of aryl methyl sites for hydroxylation is 1. The van der Waals surface area contributed by atoms with Crippen LogP contribution >= 0.6 is 15.9 Å². The summed E-state index contributed by atoms with van der Waals surface area (Å²) in [5, 5.41) is 0. The van der Waals surface area contributed by atoms with E-state index < -0.39 is 0 Å². The molecule has 1 aromatic carbocycles. The second-order valence-electron chi connectivity index (χ2n) is 3.14. The summed E-state index contributed by atoms with van der Waals surface area (Å²) >= 11 is 3.34. The monoisotopic (exact) mass is 242 g/mol. The Balaban J connectivity index is 2.90. The highest BCUT2D eigenvalue weighted by atomic mass is 79.9. The standard InChI is InChI=1S/C10H15BrN2/c1-2-3-4-7-5-6-8(11)10(13)9(7)12/h5-6H,2-4,12-13H2,1H3. The van der Waals surface area contributed by atoms with Crippen LogP contribution in [-0.2, 0) is 6.42 Å². The molecule has 3 heteroatoms. The van der Waals surface area contributed by atoms with Crippen molar-refractivity contribution in [1.29, 1.82) is 0 Å². The Morgan fingerprint density at radius 3 is 2.54 bits per heavy atom. The highest BCUT2D eigenvalue weighted by Gasteiger charge is 2.05. The van der Waals surface area contributed by atoms with Crippen LogP contribution in [0.5, 0.6) is 0 Å². The quantitative estimate of drug-likeness (QED) is 0.802. The molecular formula is C10H15BrN2. The van der Waals surface area contributed by atoms with Crippen LogP contribution in [0.4, 0.5) is 11.4 Å². The molecule has 0 radical (unpaired) electrons. The lowest BCUT2D eigenvalue weighted by Gasteiger charge is -2.08. The van der Waals surface area contributed by atoms with Crippen molar-refractivity contribution in [3.8, 4) is 0 Å². The maximum absolute atomic E-state index is 5.87. The Labute approximate surface area is 87.4 Å². The number of halogens is 1. The first kappa shape index (κ1) is 10.4. The molecule has 0 atom stereocenters. The van der Waals surface area contributed by atoms with Gasteiger partial charge >= 0.3 is 0 Å². The molecule has 0 amide bonds. The normalized spacial score (nSPS) is 10.3. The molecule has 2 nitrogen and oxygen atoms in total. The Morgan fingerprint density at radius 1 is 1.23 bits per heavy atom. The van der Waals surface area contributed by atoms with Crippen molar-refractivity contribution in [2.45, 2.75) is 26.2 Å². The number of benzene rings is 1. The number of nitrogens with two attached hydrogens (primary N) is 2. The summed E-state index contributed by atoms with van der Waals surface area (Å²) in [6.45, 7) is 2.17. The van der Waals surface area contributed by atoms with Gasteiger partial charge in [0.1, 0.15) is 0 Å². The van der Waals surface area contributed by atoms with Gasteiger partial charge in [0.05, 0.1) is 11.4 Å². The van der Waals surface area contributed by atoms with Crippen molar-refractivity contribution >= 4 is 27.3 Å². The minimum atomic E-state index is 0.661. The van der Waals surface area contributed by atoms with E-state index in [1.807, 2.05) is 12.1 Å². The van der Waals surface area contributed by atoms with Crippen LogP contribution < -0.4 is 11.5 Å². The minimum absolute atomic E-state index is 0.661. The molecule has 0 spiro atoms. The highest BCUT2D eigenvalue weighted by molar-refractivity contribution is 9.10. The van der Waals surface area contributed by atoms with Crippen LogP contribution in [0, 0.1) is 0 Å². The van der Waals surface area contributed by atoms with Gasteiger partial charge in [-0.2, -0.15) is 0 Å². The number of hydrogen-bond acceptors (Lipinski definition) is 2. The molecule has 0 aliphatic carbocycles. The highest BCUT2D eigenvalue weighted by Crippen LogP contribution is 2.29. The molecule has 0 aliphatic rings. The van der Waals surface area contributed by atoms with Gasteiger partial charge in [0.25, 0.3) is 0 Å². The van der Waals surface area contributed by atoms with Crippen LogP contribution in [0.25, 0.3) is 0 Å². The Hall–Kier alpha value is -0.700. The fraction of sp³-hybridized carbons (Fsp3) is 0.400. The van der Waals surface area contributed by atoms with Gasteiger partial charge in [0.15, 0.2) is 0 Å². The molecular weight excluding hydrogens is 228 g/mol. The number of rotatable bonds is 3. The van der Waals surface area contributed by atoms with Gasteiger partial charge in [0, 0.05) is 4.47 Å². The molecule has 0 bridgehead atoms. The molecule has 0 fully saturated rings. The van der Waals surface area contributed by atoms with Gasteiger partial charge in [-0.15, -0.1) is 0 Å². The van der Waals surface area contributed by atoms with Gasteiger partial charge in [-0.25, -0.2) is 0 Å². The lowest BCUT2D eigenvalue weighted by atomic mass is 10.1. The van der Waals surface area contributed by atoms with Crippen molar-refractivity contribution in [2.24, 2.45) is 0 Å². The van der Waals surface area contributed by atoms with E-state index in [-0.39, 0.29) is 0 Å². The summed E-state index contributed by atoms with van der Waals surface area (Å²) in [6.07, 6.45) is 3.35. The van der Waals surface area contributed by atoms with E-state index in [1.165, 1.54) is 6.42 Å². The zero-order valence-electron chi connectivity index (χ0n) is 7.81. The Bertz CT molecular complexity index is 297. The number of anilines is 2. The second kappa shape index (κ2) is 4.51. The van der Waals surface area contributed by atoms with Crippen molar-refractivity contribution in [3.63, 3.8) is 0 Å². The number of nitrogen functional groups attached to an aromatic ring is 2. The van der Waals surface area contributed by atoms with E-state index in [2.05, 4.69) is 22.9 Å². The summed E-state index contributed by atoms with van der Waals surface area (Å²) in [7, 11) is 0. The molecule has 0 aromatic heterocycles. The molecule has 1 rings (SSSR count). The Morgan fingerprint density at radius 2 is 1.92 bits per heavy atom. The van der Waals surface area contributed by atoms with Gasteiger partial charge in [-0.05, 0) is 40.4 Å². The SMILES string of the molecule is CCCCc1ccc(Br)c(N)c1N. The van der Waals surface area contributed by atoms with E-state index in [0.29, 0.717) is 5.69 Å². The van der Waals surface area contributed by atoms with E-state index in [0.717, 1.165) is 28.6 Å². The van der Waals surface area contributed by atoms with E-state index in [4.69, 9.17) is 11.5 Å². The molecule has 0 heterocycles. The van der Waals surface area contributed by atoms with E-state index >= 15 is 0 Å². The minimum Gasteiger partial charge on any atom is -0.397 e. The maximum Gasteiger partial charge on any atom is 0.0694 e. The van der Waals surface area contributed by atoms with Gasteiger partial charge in [0.2, 0.25) is 0 Å². The maximum atomic E-state index is 5.87. The number of hydrogen-bond donors (Lipinski definition) is 2. The van der Waals surface area contributed by atoms with E-state index in [9.17, 15) is 0 Å². The van der Waals surface area contributed by atoms with Crippen molar-refractivity contribution in [1.82, 2.24) is 0 Å². The summed E-state index contributed by atoms with van der Waals surface area (Å²) in [5.41, 5.74) is 14.2. The second-order valence-corrected chi connectivity index (χ2v) is 3.99. The predicted octanol–water partition coefficient (Wildman–Crippen LogP) is 2.96. The van der Waals surface area contributed by atoms with Crippen molar-refractivity contribution in [2.75, 3.05) is 11.5 Å². The van der Waals surface area contributed by atoms with Crippen LogP contribution in [0.15, 0.2) is 16.6 Å². The molecule has 0 saturated carbocycles. The fourth-order valence-corrected chi connectivity index (χ4v) is 1.59. The molecule has 13 heavy (non-hydrogen) atoms. The third-order valence-corrected chi connectivity index (χ3v) is 2.82. The largest absolute Gasteiger partial charge is 0.397 e. The van der Waals surface area contributed by atoms with Crippen LogP contribution in [0.1, 0.15) is 25.3 Å². The summed E-state index contributed by atoms with van der Waals surface area (Å²) in [4.78, 5) is 0. The predicted molar refractivity (Wildman–Crippen MR) is 61.6 cm³/mol. The van der Waals surface area contributed by atoms with Gasteiger partial charge < -0.3 is 11.5 Å². The summed E-state index contributed by atoms with van der Waals surface area (Å²) in [6, 6.07) is 3.99. The third kappa shape index (κ3) is 2.37. The molecule has 4 N–H and O–H groups in total. The Kier molecular flexibility index (Phi) is 3.60. The van der Waals surface area contributed by atoms with Crippen molar-refractivity contribution < 1.29 is 0 Å². The molecule has 1 aromatic rings. The average molecular weight is 243 g/mol. The number of unbranched alkanes of at least 4 members (excludes halogenated alkanes) is 1. The first-order valence-electron chi connectivity index (χ1n) is 4.49. The topological polar surface area (TPSA) is 52.0 Å². The first-order valence-corrected chi connectivity index (χ1v) is 5.28. The molecule has 0 saturated heterocycles. The smallest absolute Gasteiger partial charge is 0.0694 e.